The summed E-state index contributed by atoms with van der Waals surface area (Å²) in [6.07, 6.45) is 4.88. The average molecular weight is 138 g/mol. The first kappa shape index (κ1) is 11.5. The van der Waals surface area contributed by atoms with Crippen molar-refractivity contribution in [3.63, 3.8) is 0 Å². The Morgan fingerprint density at radius 2 is 1.62 bits per heavy atom. The van der Waals surface area contributed by atoms with Gasteiger partial charge < -0.3 is 6.90 Å². The van der Waals surface area contributed by atoms with Gasteiger partial charge in [-0.15, -0.1) is 0 Å². The molecule has 0 saturated heterocycles. The van der Waals surface area contributed by atoms with Crippen molar-refractivity contribution in [2.45, 2.75) is 0 Å². The van der Waals surface area contributed by atoms with Crippen LogP contribution in [0.15, 0.2) is 24.8 Å². The minimum atomic E-state index is 0. The number of hydrogen-bond acceptors (Lipinski definition) is 2. The maximum atomic E-state index is 3.67. The van der Waals surface area contributed by atoms with Crippen molar-refractivity contribution < 1.29 is 58.3 Å². The molecule has 0 aliphatic carbocycles. The Hall–Kier alpha value is 0.676. The fourth-order valence-corrected chi connectivity index (χ4v) is 0.253. The molecule has 0 aliphatic rings. The quantitative estimate of drug-likeness (QED) is 0.354. The van der Waals surface area contributed by atoms with Crippen molar-refractivity contribution in [1.82, 2.24) is 9.97 Å². The molecule has 3 nitrogen and oxygen atoms in total. The summed E-state index contributed by atoms with van der Waals surface area (Å²) in [5, 5.41) is 0. The number of aromatic nitrogens is 2. The maximum Gasteiger partial charge on any atom is 1.00 e. The molecule has 0 saturated carbocycles. The molecule has 0 aromatic carbocycles. The third-order valence-corrected chi connectivity index (χ3v) is 0.478. The van der Waals surface area contributed by atoms with Gasteiger partial charge in [0.1, 0.15) is 6.33 Å². The normalized spacial score (nSPS) is 6.00. The van der Waals surface area contributed by atoms with Gasteiger partial charge in [-0.2, -0.15) is 0 Å². The molecule has 0 amide bonds. The predicted octanol–water partition coefficient (Wildman–Crippen LogP) is -3.23. The van der Waals surface area contributed by atoms with Crippen LogP contribution in [-0.4, -0.2) is 15.4 Å². The van der Waals surface area contributed by atoms with E-state index in [4.69, 9.17) is 0 Å². The van der Waals surface area contributed by atoms with E-state index in [9.17, 15) is 0 Å². The standard InChI is InChI=1S/C4H4N2.K.H2O.H/c1-2-5-4-6-3-1;;;/h1-4H;;1H2;/q;+1;;-1. The summed E-state index contributed by atoms with van der Waals surface area (Å²) in [5.74, 6) is 0. The molecule has 1 heterocycles. The van der Waals surface area contributed by atoms with E-state index in [1.165, 1.54) is 6.33 Å². The van der Waals surface area contributed by atoms with E-state index >= 15 is 0 Å². The van der Waals surface area contributed by atoms with Crippen LogP contribution >= 0.6 is 0 Å². The van der Waals surface area contributed by atoms with E-state index in [0.29, 0.717) is 0 Å². The molecule has 1 aromatic rings. The Bertz CT molecular complexity index is 90.5. The summed E-state index contributed by atoms with van der Waals surface area (Å²) < 4.78 is 0. The van der Waals surface area contributed by atoms with Crippen LogP contribution in [0.4, 0.5) is 0 Å². The molecular formula is C4H7KN2O. The Balaban J connectivity index is -0.000000120. The zero-order valence-corrected chi connectivity index (χ0v) is 7.83. The van der Waals surface area contributed by atoms with Crippen molar-refractivity contribution in [1.29, 1.82) is 0 Å². The van der Waals surface area contributed by atoms with Gasteiger partial charge in [-0.1, -0.05) is 0 Å². The molecule has 0 aliphatic heterocycles. The molecule has 2 N–H and O–H groups in total. The zero-order chi connectivity index (χ0) is 4.24. The van der Waals surface area contributed by atoms with Crippen LogP contribution in [0.1, 0.15) is 1.43 Å². The molecule has 1 rings (SSSR count). The van der Waals surface area contributed by atoms with Crippen molar-refractivity contribution >= 4 is 0 Å². The molecule has 0 atom stereocenters. The molecule has 0 spiro atoms. The van der Waals surface area contributed by atoms with Gasteiger partial charge in [-0.25, -0.2) is 9.97 Å². The first-order valence-electron chi connectivity index (χ1n) is 1.70. The molecule has 0 radical (unpaired) electrons. The van der Waals surface area contributed by atoms with Gasteiger partial charge >= 0.3 is 51.4 Å². The third-order valence-electron chi connectivity index (χ3n) is 0.478. The minimum absolute atomic E-state index is 0. The molecular weight excluding hydrogens is 131 g/mol. The Labute approximate surface area is 91.8 Å². The monoisotopic (exact) mass is 138 g/mol. The Morgan fingerprint density at radius 3 is 1.75 bits per heavy atom. The van der Waals surface area contributed by atoms with Gasteiger partial charge in [-0.3, -0.25) is 0 Å². The summed E-state index contributed by atoms with van der Waals surface area (Å²) in [6.45, 7) is 0. The van der Waals surface area contributed by atoms with Gasteiger partial charge in [0.2, 0.25) is 0 Å². The van der Waals surface area contributed by atoms with E-state index in [1.807, 2.05) is 0 Å². The maximum absolute atomic E-state index is 3.67. The molecule has 0 fully saturated rings. The second-order valence-electron chi connectivity index (χ2n) is 0.904. The van der Waals surface area contributed by atoms with Gasteiger partial charge in [0, 0.05) is 12.4 Å². The summed E-state index contributed by atoms with van der Waals surface area (Å²) in [5.41, 5.74) is 0. The SMILES string of the molecule is O.[H-].[K+].c1cncnc1. The predicted molar refractivity (Wildman–Crippen MR) is 26.8 cm³/mol. The van der Waals surface area contributed by atoms with E-state index < -0.39 is 0 Å². The van der Waals surface area contributed by atoms with Crippen LogP contribution in [0.3, 0.4) is 0 Å². The van der Waals surface area contributed by atoms with E-state index in [2.05, 4.69) is 9.97 Å². The first-order valence-corrected chi connectivity index (χ1v) is 1.70. The van der Waals surface area contributed by atoms with Crippen LogP contribution < -0.4 is 51.4 Å². The van der Waals surface area contributed by atoms with Crippen LogP contribution in [-0.2, 0) is 0 Å². The second kappa shape index (κ2) is 7.68. The van der Waals surface area contributed by atoms with Gasteiger partial charge in [0.05, 0.1) is 0 Å². The van der Waals surface area contributed by atoms with Crippen LogP contribution in [0, 0.1) is 0 Å². The number of nitrogens with zero attached hydrogens (tertiary/aromatic N) is 2. The molecule has 0 unspecified atom stereocenters. The Morgan fingerprint density at radius 1 is 1.12 bits per heavy atom. The molecule has 1 aromatic heterocycles. The molecule has 8 heavy (non-hydrogen) atoms. The summed E-state index contributed by atoms with van der Waals surface area (Å²) >= 11 is 0. The van der Waals surface area contributed by atoms with E-state index in [0.717, 1.165) is 0 Å². The number of hydrogen-bond donors (Lipinski definition) is 0. The smallest absolute Gasteiger partial charge is 1.00 e. The van der Waals surface area contributed by atoms with Crippen molar-refractivity contribution in [3.05, 3.63) is 24.8 Å². The van der Waals surface area contributed by atoms with Crippen molar-refractivity contribution in [2.75, 3.05) is 0 Å². The van der Waals surface area contributed by atoms with E-state index in [-0.39, 0.29) is 58.3 Å². The fraction of sp³-hybridized carbons (Fsp3) is 0. The van der Waals surface area contributed by atoms with Gasteiger partial charge in [-0.05, 0) is 6.07 Å². The van der Waals surface area contributed by atoms with Gasteiger partial charge in [0.25, 0.3) is 0 Å². The fourth-order valence-electron chi connectivity index (χ4n) is 0.253. The second-order valence-corrected chi connectivity index (χ2v) is 0.904. The largest absolute Gasteiger partial charge is 1.00 e. The van der Waals surface area contributed by atoms with Crippen LogP contribution in [0.25, 0.3) is 0 Å². The van der Waals surface area contributed by atoms with Crippen LogP contribution in [0.5, 0.6) is 0 Å². The number of rotatable bonds is 0. The zero-order valence-electron chi connectivity index (χ0n) is 5.70. The summed E-state index contributed by atoms with van der Waals surface area (Å²) in [4.78, 5) is 7.35. The van der Waals surface area contributed by atoms with Crippen molar-refractivity contribution in [2.24, 2.45) is 0 Å². The van der Waals surface area contributed by atoms with Crippen molar-refractivity contribution in [3.8, 4) is 0 Å². The average Bonchev–Trinajstić information content (AvgIpc) is 1.72. The summed E-state index contributed by atoms with van der Waals surface area (Å²) in [6, 6.07) is 1.78. The molecule has 40 valence electrons. The Kier molecular flexibility index (Phi) is 11.0. The van der Waals surface area contributed by atoms with Gasteiger partial charge in [0.15, 0.2) is 0 Å². The molecule has 4 heteroatoms. The van der Waals surface area contributed by atoms with Crippen LogP contribution in [0.2, 0.25) is 0 Å². The van der Waals surface area contributed by atoms with E-state index in [1.54, 1.807) is 18.5 Å². The first-order chi connectivity index (χ1) is 3.00. The third kappa shape index (κ3) is 4.83. The minimum Gasteiger partial charge on any atom is -1.00 e. The molecule has 0 bridgehead atoms. The summed E-state index contributed by atoms with van der Waals surface area (Å²) in [7, 11) is 0. The topological polar surface area (TPSA) is 57.3 Å².